The van der Waals surface area contributed by atoms with Crippen LogP contribution in [0.4, 0.5) is 8.78 Å². The monoisotopic (exact) mass is 283 g/mol. The zero-order chi connectivity index (χ0) is 13.4. The van der Waals surface area contributed by atoms with Crippen molar-refractivity contribution in [2.24, 2.45) is 0 Å². The van der Waals surface area contributed by atoms with Crippen LogP contribution in [-0.2, 0) is 9.05 Å². The molecule has 0 bridgehead atoms. The molecule has 8 heteroatoms. The van der Waals surface area contributed by atoms with Crippen LogP contribution in [0.5, 0.6) is 0 Å². The molecule has 1 amide bonds. The van der Waals surface area contributed by atoms with Crippen molar-refractivity contribution in [3.63, 3.8) is 0 Å². The Hall–Kier alpha value is -1.21. The lowest BCUT2D eigenvalue weighted by Crippen LogP contribution is -2.24. The van der Waals surface area contributed by atoms with Crippen LogP contribution in [0.1, 0.15) is 10.4 Å². The second kappa shape index (κ2) is 4.58. The van der Waals surface area contributed by atoms with Gasteiger partial charge in [0.2, 0.25) is 0 Å². The van der Waals surface area contributed by atoms with Crippen molar-refractivity contribution in [3.8, 4) is 0 Å². The predicted molar refractivity (Wildman–Crippen MR) is 57.4 cm³/mol. The molecule has 0 aliphatic carbocycles. The Kier molecular flexibility index (Phi) is 3.73. The van der Waals surface area contributed by atoms with Crippen molar-refractivity contribution >= 4 is 25.6 Å². The quantitative estimate of drug-likeness (QED) is 0.775. The molecular formula is C9H8ClF2NO3S. The number of rotatable bonds is 2. The number of carbonyl (C=O) groups excluding carboxylic acids is 1. The molecule has 0 aliphatic heterocycles. The van der Waals surface area contributed by atoms with Crippen LogP contribution in [0.25, 0.3) is 0 Å². The first-order valence-electron chi connectivity index (χ1n) is 4.30. The van der Waals surface area contributed by atoms with E-state index in [0.29, 0.717) is 12.1 Å². The molecule has 0 aliphatic rings. The van der Waals surface area contributed by atoms with Crippen LogP contribution in [0, 0.1) is 11.6 Å². The van der Waals surface area contributed by atoms with E-state index in [1.165, 1.54) is 14.1 Å². The topological polar surface area (TPSA) is 54.5 Å². The van der Waals surface area contributed by atoms with Gasteiger partial charge in [-0.1, -0.05) is 0 Å². The Morgan fingerprint density at radius 3 is 2.24 bits per heavy atom. The molecule has 0 spiro atoms. The summed E-state index contributed by atoms with van der Waals surface area (Å²) in [5.41, 5.74) is -0.947. The number of amides is 1. The molecule has 17 heavy (non-hydrogen) atoms. The van der Waals surface area contributed by atoms with Gasteiger partial charge in [-0.05, 0) is 12.1 Å². The van der Waals surface area contributed by atoms with Crippen molar-refractivity contribution in [2.75, 3.05) is 14.1 Å². The van der Waals surface area contributed by atoms with Crippen LogP contribution in [0.2, 0.25) is 0 Å². The summed E-state index contributed by atoms with van der Waals surface area (Å²) in [5, 5.41) is 0. The van der Waals surface area contributed by atoms with E-state index in [-0.39, 0.29) is 0 Å². The second-order valence-corrected chi connectivity index (χ2v) is 5.91. The largest absolute Gasteiger partial charge is 0.345 e. The minimum atomic E-state index is -4.37. The molecule has 94 valence electrons. The zero-order valence-corrected chi connectivity index (χ0v) is 10.4. The fraction of sp³-hybridized carbons (Fsp3) is 0.222. The van der Waals surface area contributed by atoms with Crippen molar-refractivity contribution in [1.82, 2.24) is 4.90 Å². The first kappa shape index (κ1) is 13.9. The van der Waals surface area contributed by atoms with E-state index in [4.69, 9.17) is 10.7 Å². The number of hydrogen-bond acceptors (Lipinski definition) is 3. The van der Waals surface area contributed by atoms with Crippen molar-refractivity contribution < 1.29 is 22.0 Å². The highest BCUT2D eigenvalue weighted by atomic mass is 35.7. The molecule has 0 N–H and O–H groups in total. The first-order valence-corrected chi connectivity index (χ1v) is 6.61. The van der Waals surface area contributed by atoms with E-state index < -0.39 is 37.1 Å². The average Bonchev–Trinajstić information content (AvgIpc) is 2.14. The molecule has 0 fully saturated rings. The van der Waals surface area contributed by atoms with Gasteiger partial charge in [0.25, 0.3) is 15.0 Å². The summed E-state index contributed by atoms with van der Waals surface area (Å²) in [6, 6.07) is 1.34. The fourth-order valence-electron chi connectivity index (χ4n) is 1.14. The number of nitrogens with zero attached hydrogens (tertiary/aromatic N) is 1. The van der Waals surface area contributed by atoms with E-state index in [1.807, 2.05) is 0 Å². The molecule has 0 saturated heterocycles. The maximum absolute atomic E-state index is 13.7. The Morgan fingerprint density at radius 2 is 1.82 bits per heavy atom. The predicted octanol–water partition coefficient (Wildman–Crippen LogP) is 1.59. The maximum atomic E-state index is 13.7. The minimum Gasteiger partial charge on any atom is -0.345 e. The third-order valence-electron chi connectivity index (χ3n) is 1.94. The average molecular weight is 284 g/mol. The lowest BCUT2D eigenvalue weighted by Gasteiger charge is -2.12. The Morgan fingerprint density at radius 1 is 1.29 bits per heavy atom. The van der Waals surface area contributed by atoms with E-state index >= 15 is 0 Å². The van der Waals surface area contributed by atoms with Gasteiger partial charge in [-0.3, -0.25) is 4.79 Å². The van der Waals surface area contributed by atoms with Gasteiger partial charge in [0, 0.05) is 24.8 Å². The van der Waals surface area contributed by atoms with Gasteiger partial charge in [-0.25, -0.2) is 17.2 Å². The van der Waals surface area contributed by atoms with E-state index in [1.54, 1.807) is 0 Å². The molecule has 0 atom stereocenters. The van der Waals surface area contributed by atoms with E-state index in [0.717, 1.165) is 4.90 Å². The summed E-state index contributed by atoms with van der Waals surface area (Å²) in [6.45, 7) is 0. The number of hydrogen-bond donors (Lipinski definition) is 0. The molecule has 0 aromatic heterocycles. The van der Waals surface area contributed by atoms with Crippen LogP contribution < -0.4 is 0 Å². The van der Waals surface area contributed by atoms with Gasteiger partial charge in [0.05, 0.1) is 0 Å². The van der Waals surface area contributed by atoms with Crippen LogP contribution in [0.15, 0.2) is 17.0 Å². The highest BCUT2D eigenvalue weighted by Gasteiger charge is 2.26. The third-order valence-corrected chi connectivity index (χ3v) is 3.28. The van der Waals surface area contributed by atoms with Gasteiger partial charge in [-0.15, -0.1) is 0 Å². The zero-order valence-electron chi connectivity index (χ0n) is 8.87. The van der Waals surface area contributed by atoms with Crippen molar-refractivity contribution in [1.29, 1.82) is 0 Å². The summed E-state index contributed by atoms with van der Waals surface area (Å²) in [6.07, 6.45) is 0. The molecule has 0 saturated carbocycles. The van der Waals surface area contributed by atoms with E-state index in [2.05, 4.69) is 0 Å². The second-order valence-electron chi connectivity index (χ2n) is 3.37. The van der Waals surface area contributed by atoms with Crippen LogP contribution in [-0.4, -0.2) is 33.3 Å². The highest BCUT2D eigenvalue weighted by Crippen LogP contribution is 2.24. The third kappa shape index (κ3) is 2.73. The minimum absolute atomic E-state index is 0.666. The lowest BCUT2D eigenvalue weighted by atomic mass is 10.2. The van der Waals surface area contributed by atoms with Gasteiger partial charge in [0.1, 0.15) is 16.3 Å². The Labute approximate surface area is 101 Å². The number of carbonyl (C=O) groups is 1. The fourth-order valence-corrected chi connectivity index (χ4v) is 2.05. The van der Waals surface area contributed by atoms with Gasteiger partial charge in [0.15, 0.2) is 5.82 Å². The summed E-state index contributed by atoms with van der Waals surface area (Å²) in [5.74, 6) is -3.62. The smallest absolute Gasteiger partial charge is 0.264 e. The first-order chi connectivity index (χ1) is 7.66. The molecule has 0 radical (unpaired) electrons. The maximum Gasteiger partial charge on any atom is 0.264 e. The van der Waals surface area contributed by atoms with Gasteiger partial charge >= 0.3 is 0 Å². The molecule has 1 aromatic rings. The molecule has 0 unspecified atom stereocenters. The van der Waals surface area contributed by atoms with Crippen LogP contribution in [0.3, 0.4) is 0 Å². The summed E-state index contributed by atoms with van der Waals surface area (Å²) < 4.78 is 49.0. The standard InChI is InChI=1S/C9H8ClF2NO3S/c1-13(2)9(14)7-5(11)3-4-6(8(7)12)17(10,15)16/h3-4H,1-2H3. The normalized spacial score (nSPS) is 11.4. The lowest BCUT2D eigenvalue weighted by molar-refractivity contribution is 0.0817. The van der Waals surface area contributed by atoms with Crippen LogP contribution >= 0.6 is 10.7 Å². The summed E-state index contributed by atoms with van der Waals surface area (Å²) >= 11 is 0. The molecular weight excluding hydrogens is 276 g/mol. The van der Waals surface area contributed by atoms with Gasteiger partial charge in [-0.2, -0.15) is 0 Å². The van der Waals surface area contributed by atoms with Crippen molar-refractivity contribution in [2.45, 2.75) is 4.90 Å². The Bertz CT molecular complexity index is 572. The SMILES string of the molecule is CN(C)C(=O)c1c(F)ccc(S(=O)(=O)Cl)c1F. The molecule has 1 aromatic carbocycles. The molecule has 0 heterocycles. The van der Waals surface area contributed by atoms with Crippen molar-refractivity contribution in [3.05, 3.63) is 29.3 Å². The number of halogens is 3. The summed E-state index contributed by atoms with van der Waals surface area (Å²) in [7, 11) is 3.15. The molecule has 4 nitrogen and oxygen atoms in total. The van der Waals surface area contributed by atoms with Gasteiger partial charge < -0.3 is 4.90 Å². The van der Waals surface area contributed by atoms with E-state index in [9.17, 15) is 22.0 Å². The number of benzene rings is 1. The molecule has 1 rings (SSSR count). The summed E-state index contributed by atoms with van der Waals surface area (Å²) in [4.78, 5) is 11.5. The Balaban J connectivity index is 3.57. The highest BCUT2D eigenvalue weighted by molar-refractivity contribution is 8.13.